The van der Waals surface area contributed by atoms with E-state index in [-0.39, 0.29) is 23.2 Å². The van der Waals surface area contributed by atoms with Crippen molar-refractivity contribution in [2.24, 2.45) is 0 Å². The van der Waals surface area contributed by atoms with Crippen molar-refractivity contribution < 1.29 is 32.4 Å². The summed E-state index contributed by atoms with van der Waals surface area (Å²) >= 11 is 0. The predicted molar refractivity (Wildman–Crippen MR) is 195 cm³/mol. The summed E-state index contributed by atoms with van der Waals surface area (Å²) in [5.41, 5.74) is 0.453. The molecule has 10 heteroatoms. The smallest absolute Gasteiger partial charge is 0.263 e. The van der Waals surface area contributed by atoms with Crippen molar-refractivity contribution >= 4 is 22.5 Å². The van der Waals surface area contributed by atoms with Crippen LogP contribution in [0.15, 0.2) is 96.2 Å². The van der Waals surface area contributed by atoms with E-state index in [2.05, 4.69) is 17.0 Å². The number of ether oxygens (including phenoxy) is 3. The van der Waals surface area contributed by atoms with Gasteiger partial charge in [-0.25, -0.2) is 13.3 Å². The summed E-state index contributed by atoms with van der Waals surface area (Å²) in [6.07, 6.45) is 11.7. The summed E-state index contributed by atoms with van der Waals surface area (Å²) in [4.78, 5) is 29.2. The molecule has 0 N–H and O–H groups in total. The first-order valence-corrected chi connectivity index (χ1v) is 17.8. The van der Waals surface area contributed by atoms with Crippen LogP contribution in [0.1, 0.15) is 69.7 Å². The second kappa shape index (κ2) is 18.1. The first kappa shape index (κ1) is 37.0. The van der Waals surface area contributed by atoms with Crippen LogP contribution in [0, 0.1) is 11.6 Å². The van der Waals surface area contributed by atoms with E-state index in [1.54, 1.807) is 35.8 Å². The van der Waals surface area contributed by atoms with E-state index in [0.29, 0.717) is 48.3 Å². The van der Waals surface area contributed by atoms with Gasteiger partial charge in [-0.2, -0.15) is 0 Å². The van der Waals surface area contributed by atoms with Gasteiger partial charge >= 0.3 is 0 Å². The zero-order valence-electron chi connectivity index (χ0n) is 29.6. The van der Waals surface area contributed by atoms with Gasteiger partial charge in [-0.15, -0.1) is 0 Å². The minimum absolute atomic E-state index is 0.0125. The molecule has 0 spiro atoms. The molecule has 5 rings (SSSR count). The van der Waals surface area contributed by atoms with Crippen molar-refractivity contribution in [2.45, 2.75) is 65.8 Å². The highest BCUT2D eigenvalue weighted by Crippen LogP contribution is 2.30. The minimum atomic E-state index is -0.825. The summed E-state index contributed by atoms with van der Waals surface area (Å²) in [5.74, 6) is -0.625. The number of aromatic nitrogens is 2. The van der Waals surface area contributed by atoms with Crippen LogP contribution < -0.4 is 29.1 Å². The number of carbonyl (C=O) groups excluding carboxylic acids is 1. The molecule has 0 radical (unpaired) electrons. The third kappa shape index (κ3) is 9.72. The molecular formula is C41H46F2N3O5+. The first-order valence-electron chi connectivity index (χ1n) is 17.8. The zero-order chi connectivity index (χ0) is 36.2. The van der Waals surface area contributed by atoms with Gasteiger partial charge in [0.15, 0.2) is 12.4 Å². The number of hydrogen-bond donors (Lipinski definition) is 0. The second-order valence-electron chi connectivity index (χ2n) is 12.3. The topological polar surface area (TPSA) is 73.9 Å². The Labute approximate surface area is 297 Å². The molecule has 268 valence electrons. The first-order chi connectivity index (χ1) is 24.8. The number of pyridine rings is 2. The van der Waals surface area contributed by atoms with Crippen LogP contribution in [-0.4, -0.2) is 36.8 Å². The molecule has 0 saturated carbocycles. The number of benzene rings is 3. The highest BCUT2D eigenvalue weighted by atomic mass is 19.1. The molecule has 8 nitrogen and oxygen atoms in total. The van der Waals surface area contributed by atoms with Gasteiger partial charge in [0.2, 0.25) is 5.43 Å². The van der Waals surface area contributed by atoms with Crippen molar-refractivity contribution in [3.05, 3.63) is 119 Å². The van der Waals surface area contributed by atoms with Crippen molar-refractivity contribution in [3.63, 3.8) is 0 Å². The Morgan fingerprint density at radius 1 is 0.765 bits per heavy atom. The summed E-state index contributed by atoms with van der Waals surface area (Å²) in [6.45, 7) is 8.08. The SMILES string of the molecule is CCCOc1cc(OCC)cc(-n2cc(C(=O)N(CC)c3cc(F)cc(F)c3)c(=O)c3ccc(OCCCCCCC[n+]4ccccc4)cc32)c1. The number of aryl methyl sites for hydroxylation is 1. The van der Waals surface area contributed by atoms with Crippen LogP contribution in [0.5, 0.6) is 17.2 Å². The van der Waals surface area contributed by atoms with Crippen LogP contribution in [0.25, 0.3) is 16.6 Å². The molecule has 2 aromatic heterocycles. The van der Waals surface area contributed by atoms with Gasteiger partial charge in [-0.3, -0.25) is 9.59 Å². The van der Waals surface area contributed by atoms with E-state index in [1.807, 2.05) is 44.2 Å². The van der Waals surface area contributed by atoms with Gasteiger partial charge in [-0.1, -0.05) is 25.8 Å². The van der Waals surface area contributed by atoms with E-state index >= 15 is 0 Å². The molecule has 0 aliphatic heterocycles. The van der Waals surface area contributed by atoms with Crippen LogP contribution in [0.2, 0.25) is 0 Å². The third-order valence-corrected chi connectivity index (χ3v) is 8.46. The monoisotopic (exact) mass is 698 g/mol. The largest absolute Gasteiger partial charge is 0.494 e. The van der Waals surface area contributed by atoms with Crippen LogP contribution in [0.4, 0.5) is 14.5 Å². The van der Waals surface area contributed by atoms with Gasteiger partial charge < -0.3 is 23.7 Å². The van der Waals surface area contributed by atoms with Crippen LogP contribution >= 0.6 is 0 Å². The molecule has 1 amide bonds. The number of amides is 1. The fourth-order valence-electron chi connectivity index (χ4n) is 5.99. The van der Waals surface area contributed by atoms with Gasteiger partial charge in [-0.05, 0) is 57.4 Å². The highest BCUT2D eigenvalue weighted by molar-refractivity contribution is 6.07. The normalized spacial score (nSPS) is 11.1. The zero-order valence-corrected chi connectivity index (χ0v) is 29.6. The molecule has 51 heavy (non-hydrogen) atoms. The van der Waals surface area contributed by atoms with E-state index in [4.69, 9.17) is 14.2 Å². The standard InChI is InChI=1S/C41H46F2N3O5/c1-4-20-50-36-26-33(25-35(27-36)49-6-3)46-29-38(41(48)45(5-2)32-23-30(42)22-31(43)24-32)40(47)37-16-15-34(28-39(37)46)51-21-14-9-7-8-11-17-44-18-12-10-13-19-44/h10,12-13,15-16,18-19,22-29H,4-9,11,14,17,20-21H2,1-3H3/q+1. The molecule has 0 atom stereocenters. The van der Waals surface area contributed by atoms with E-state index < -0.39 is 23.0 Å². The molecule has 0 fully saturated rings. The highest BCUT2D eigenvalue weighted by Gasteiger charge is 2.24. The molecule has 0 saturated heterocycles. The molecule has 2 heterocycles. The molecular weight excluding hydrogens is 652 g/mol. The third-order valence-electron chi connectivity index (χ3n) is 8.46. The lowest BCUT2D eigenvalue weighted by atomic mass is 10.1. The Balaban J connectivity index is 1.44. The van der Waals surface area contributed by atoms with Gasteiger partial charge in [0.05, 0.1) is 31.0 Å². The second-order valence-corrected chi connectivity index (χ2v) is 12.3. The average molecular weight is 699 g/mol. The van der Waals surface area contributed by atoms with Crippen LogP contribution in [-0.2, 0) is 6.54 Å². The molecule has 0 aliphatic rings. The van der Waals surface area contributed by atoms with E-state index in [9.17, 15) is 18.4 Å². The number of fused-ring (bicyclic) bond motifs is 1. The number of unbranched alkanes of at least 4 members (excludes halogenated alkanes) is 4. The number of anilines is 1. The van der Waals surface area contributed by atoms with Crippen molar-refractivity contribution in [3.8, 4) is 22.9 Å². The van der Waals surface area contributed by atoms with Crippen molar-refractivity contribution in [1.82, 2.24) is 4.57 Å². The fraction of sp³-hybridized carbons (Fsp3) is 0.341. The maximum Gasteiger partial charge on any atom is 0.263 e. The van der Waals surface area contributed by atoms with Crippen molar-refractivity contribution in [2.75, 3.05) is 31.3 Å². The lowest BCUT2D eigenvalue weighted by Gasteiger charge is -2.22. The number of rotatable bonds is 18. The Morgan fingerprint density at radius 3 is 2.16 bits per heavy atom. The molecule has 0 aliphatic carbocycles. The molecule has 0 bridgehead atoms. The number of hydrogen-bond acceptors (Lipinski definition) is 5. The summed E-state index contributed by atoms with van der Waals surface area (Å²) in [7, 11) is 0. The average Bonchev–Trinajstić information content (AvgIpc) is 3.12. The molecule has 0 unspecified atom stereocenters. The van der Waals surface area contributed by atoms with Crippen molar-refractivity contribution in [1.29, 1.82) is 0 Å². The number of halogens is 2. The summed E-state index contributed by atoms with van der Waals surface area (Å²) in [6, 6.07) is 19.6. The molecule has 3 aromatic carbocycles. The van der Waals surface area contributed by atoms with E-state index in [1.165, 1.54) is 11.1 Å². The Kier molecular flexibility index (Phi) is 13.2. The predicted octanol–water partition coefficient (Wildman–Crippen LogP) is 8.44. The van der Waals surface area contributed by atoms with Gasteiger partial charge in [0.25, 0.3) is 5.91 Å². The van der Waals surface area contributed by atoms with Crippen LogP contribution in [0.3, 0.4) is 0 Å². The Morgan fingerprint density at radius 2 is 1.45 bits per heavy atom. The fourth-order valence-corrected chi connectivity index (χ4v) is 5.99. The maximum atomic E-state index is 14.2. The summed E-state index contributed by atoms with van der Waals surface area (Å²) in [5, 5.41) is 0.281. The quantitative estimate of drug-likeness (QED) is 0.0679. The Bertz CT molecular complexity index is 1960. The maximum absolute atomic E-state index is 14.2. The van der Waals surface area contributed by atoms with Gasteiger partial charge in [0, 0.05) is 72.7 Å². The lowest BCUT2D eigenvalue weighted by Crippen LogP contribution is -2.35. The number of carbonyl (C=O) groups is 1. The Hall–Kier alpha value is -5.25. The number of nitrogens with zero attached hydrogens (tertiary/aromatic N) is 3. The minimum Gasteiger partial charge on any atom is -0.494 e. The lowest BCUT2D eigenvalue weighted by molar-refractivity contribution is -0.697. The van der Waals surface area contributed by atoms with Gasteiger partial charge in [0.1, 0.15) is 41.0 Å². The van der Waals surface area contributed by atoms with E-state index in [0.717, 1.165) is 63.3 Å². The summed E-state index contributed by atoms with van der Waals surface area (Å²) < 4.78 is 50.3. The molecule has 5 aromatic rings.